The van der Waals surface area contributed by atoms with Crippen LogP contribution in [0, 0.1) is 0 Å². The highest BCUT2D eigenvalue weighted by Gasteiger charge is 2.42. The van der Waals surface area contributed by atoms with Gasteiger partial charge in [-0.1, -0.05) is 31.2 Å². The Morgan fingerprint density at radius 3 is 2.50 bits per heavy atom. The Morgan fingerprint density at radius 2 is 1.78 bits per heavy atom. The Balaban J connectivity index is 1.74. The molecule has 1 unspecified atom stereocenters. The van der Waals surface area contributed by atoms with Crippen LogP contribution in [0.2, 0.25) is 0 Å². The number of amides is 1. The molecular weight excluding hydrogens is 406 g/mol. The molecule has 0 spiro atoms. The van der Waals surface area contributed by atoms with Crippen LogP contribution in [0.5, 0.6) is 5.75 Å². The van der Waals surface area contributed by atoms with Gasteiger partial charge in [-0.3, -0.25) is 9.59 Å². The van der Waals surface area contributed by atoms with Crippen molar-refractivity contribution in [3.63, 3.8) is 0 Å². The molecule has 0 N–H and O–H groups in total. The van der Waals surface area contributed by atoms with Crippen molar-refractivity contribution in [3.05, 3.63) is 75.6 Å². The Hall–Kier alpha value is -3.12. The van der Waals surface area contributed by atoms with Crippen molar-refractivity contribution in [1.29, 1.82) is 0 Å². The Kier molecular flexibility index (Phi) is 6.61. The van der Waals surface area contributed by atoms with E-state index in [0.29, 0.717) is 42.7 Å². The van der Waals surface area contributed by atoms with Crippen LogP contribution in [-0.2, 0) is 4.74 Å². The molecule has 0 radical (unpaired) electrons. The zero-order valence-electron chi connectivity index (χ0n) is 18.8. The van der Waals surface area contributed by atoms with E-state index in [2.05, 4.69) is 6.92 Å². The molecule has 168 valence electrons. The van der Waals surface area contributed by atoms with Gasteiger partial charge in [0, 0.05) is 13.2 Å². The Bertz CT molecular complexity index is 1150. The number of carbonyl (C=O) groups excluding carboxylic acids is 1. The van der Waals surface area contributed by atoms with Gasteiger partial charge in [0.2, 0.25) is 5.76 Å². The number of para-hydroxylation sites is 1. The third-order valence-electron chi connectivity index (χ3n) is 5.54. The van der Waals surface area contributed by atoms with Gasteiger partial charge in [-0.25, -0.2) is 0 Å². The average Bonchev–Trinajstić information content (AvgIpc) is 3.07. The van der Waals surface area contributed by atoms with E-state index in [4.69, 9.17) is 13.9 Å². The molecule has 1 aliphatic heterocycles. The lowest BCUT2D eigenvalue weighted by molar-refractivity contribution is 0.0593. The first-order chi connectivity index (χ1) is 15.5. The molecule has 0 fully saturated rings. The number of rotatable bonds is 9. The first kappa shape index (κ1) is 22.1. The number of fused-ring (bicyclic) bond motifs is 2. The molecule has 6 nitrogen and oxygen atoms in total. The second-order valence-electron chi connectivity index (χ2n) is 8.26. The summed E-state index contributed by atoms with van der Waals surface area (Å²) < 4.78 is 17.3. The number of hydrogen-bond acceptors (Lipinski definition) is 5. The summed E-state index contributed by atoms with van der Waals surface area (Å²) in [6.45, 7) is 7.66. The molecule has 2 heterocycles. The summed E-state index contributed by atoms with van der Waals surface area (Å²) in [7, 11) is 0. The summed E-state index contributed by atoms with van der Waals surface area (Å²) in [5.41, 5.74) is 1.53. The summed E-state index contributed by atoms with van der Waals surface area (Å²) in [6, 6.07) is 14.2. The normalized spacial score (nSPS) is 15.6. The molecule has 0 saturated carbocycles. The fraction of sp³-hybridized carbons (Fsp3) is 0.385. The van der Waals surface area contributed by atoms with Gasteiger partial charge in [-0.15, -0.1) is 0 Å². The van der Waals surface area contributed by atoms with E-state index in [0.717, 1.165) is 17.7 Å². The van der Waals surface area contributed by atoms with Crippen LogP contribution in [0.15, 0.2) is 57.7 Å². The summed E-state index contributed by atoms with van der Waals surface area (Å²) in [4.78, 5) is 28.5. The standard InChI is InChI=1S/C26H29NO5/c1-4-15-31-19-12-10-18(11-13-19)23-22-24(28)20-8-5-6-9-21(20)32-25(22)26(29)27(23)14-7-16-30-17(2)3/h5-6,8-13,17,23H,4,7,14-16H2,1-3H3. The topological polar surface area (TPSA) is 69.0 Å². The van der Waals surface area contributed by atoms with Crippen molar-refractivity contribution < 1.29 is 18.7 Å². The third-order valence-corrected chi connectivity index (χ3v) is 5.54. The van der Waals surface area contributed by atoms with E-state index in [1.165, 1.54) is 0 Å². The van der Waals surface area contributed by atoms with Crippen molar-refractivity contribution in [2.45, 2.75) is 45.8 Å². The fourth-order valence-corrected chi connectivity index (χ4v) is 4.06. The largest absolute Gasteiger partial charge is 0.494 e. The smallest absolute Gasteiger partial charge is 0.290 e. The number of carbonyl (C=O) groups is 1. The molecule has 1 aromatic heterocycles. The predicted octanol–water partition coefficient (Wildman–Crippen LogP) is 4.94. The molecule has 0 bridgehead atoms. The van der Waals surface area contributed by atoms with Crippen LogP contribution >= 0.6 is 0 Å². The highest BCUT2D eigenvalue weighted by Crippen LogP contribution is 2.38. The molecule has 4 rings (SSSR count). The number of nitrogens with zero attached hydrogens (tertiary/aromatic N) is 1. The number of ether oxygens (including phenoxy) is 2. The Labute approximate surface area is 187 Å². The maximum Gasteiger partial charge on any atom is 0.290 e. The molecule has 1 atom stereocenters. The molecular formula is C26H29NO5. The van der Waals surface area contributed by atoms with Crippen LogP contribution < -0.4 is 10.2 Å². The van der Waals surface area contributed by atoms with Crippen molar-refractivity contribution in [2.75, 3.05) is 19.8 Å². The minimum absolute atomic E-state index is 0.126. The molecule has 1 amide bonds. The van der Waals surface area contributed by atoms with Gasteiger partial charge in [-0.2, -0.15) is 0 Å². The molecule has 0 aliphatic carbocycles. The zero-order valence-corrected chi connectivity index (χ0v) is 18.8. The molecule has 2 aromatic carbocycles. The van der Waals surface area contributed by atoms with E-state index in [9.17, 15) is 9.59 Å². The van der Waals surface area contributed by atoms with Gasteiger partial charge >= 0.3 is 0 Å². The van der Waals surface area contributed by atoms with Crippen molar-refractivity contribution in [1.82, 2.24) is 4.90 Å². The lowest BCUT2D eigenvalue weighted by atomic mass is 9.98. The van der Waals surface area contributed by atoms with Gasteiger partial charge in [0.05, 0.1) is 29.7 Å². The van der Waals surface area contributed by atoms with E-state index in [1.54, 1.807) is 29.2 Å². The van der Waals surface area contributed by atoms with Crippen LogP contribution in [0.4, 0.5) is 0 Å². The molecule has 1 aliphatic rings. The second-order valence-corrected chi connectivity index (χ2v) is 8.26. The lowest BCUT2D eigenvalue weighted by Crippen LogP contribution is -2.31. The highest BCUT2D eigenvalue weighted by atomic mass is 16.5. The zero-order chi connectivity index (χ0) is 22.7. The highest BCUT2D eigenvalue weighted by molar-refractivity contribution is 5.99. The van der Waals surface area contributed by atoms with Gasteiger partial charge in [0.25, 0.3) is 5.91 Å². The predicted molar refractivity (Wildman–Crippen MR) is 123 cm³/mol. The van der Waals surface area contributed by atoms with Gasteiger partial charge in [0.15, 0.2) is 5.43 Å². The van der Waals surface area contributed by atoms with Crippen molar-refractivity contribution in [3.8, 4) is 5.75 Å². The van der Waals surface area contributed by atoms with E-state index in [1.807, 2.05) is 38.1 Å². The fourth-order valence-electron chi connectivity index (χ4n) is 4.06. The summed E-state index contributed by atoms with van der Waals surface area (Å²) in [6.07, 6.45) is 1.72. The third kappa shape index (κ3) is 4.28. The lowest BCUT2D eigenvalue weighted by Gasteiger charge is -2.25. The van der Waals surface area contributed by atoms with Crippen LogP contribution in [0.25, 0.3) is 11.0 Å². The second kappa shape index (κ2) is 9.57. The number of benzene rings is 2. The number of hydrogen-bond donors (Lipinski definition) is 0. The molecule has 3 aromatic rings. The van der Waals surface area contributed by atoms with E-state index in [-0.39, 0.29) is 23.2 Å². The molecule has 6 heteroatoms. The van der Waals surface area contributed by atoms with E-state index < -0.39 is 6.04 Å². The van der Waals surface area contributed by atoms with E-state index >= 15 is 0 Å². The van der Waals surface area contributed by atoms with Crippen LogP contribution in [0.1, 0.15) is 61.3 Å². The van der Waals surface area contributed by atoms with Crippen molar-refractivity contribution in [2.24, 2.45) is 0 Å². The maximum absolute atomic E-state index is 13.4. The Morgan fingerprint density at radius 1 is 1.03 bits per heavy atom. The SMILES string of the molecule is CCCOc1ccc(C2c3c(oc4ccccc4c3=O)C(=O)N2CCCOC(C)C)cc1. The monoisotopic (exact) mass is 435 g/mol. The minimum atomic E-state index is -0.502. The van der Waals surface area contributed by atoms with Crippen molar-refractivity contribution >= 4 is 16.9 Å². The summed E-state index contributed by atoms with van der Waals surface area (Å²) in [5, 5.41) is 0.483. The first-order valence-corrected chi connectivity index (χ1v) is 11.2. The summed E-state index contributed by atoms with van der Waals surface area (Å²) in [5.74, 6) is 0.640. The van der Waals surface area contributed by atoms with Gasteiger partial charge < -0.3 is 18.8 Å². The van der Waals surface area contributed by atoms with Gasteiger partial charge in [-0.05, 0) is 56.5 Å². The molecule has 0 saturated heterocycles. The van der Waals surface area contributed by atoms with Gasteiger partial charge in [0.1, 0.15) is 11.3 Å². The van der Waals surface area contributed by atoms with Crippen LogP contribution in [-0.4, -0.2) is 36.7 Å². The maximum atomic E-state index is 13.4. The van der Waals surface area contributed by atoms with Crippen LogP contribution in [0.3, 0.4) is 0 Å². The minimum Gasteiger partial charge on any atom is -0.494 e. The quantitative estimate of drug-likeness (QED) is 0.445. The summed E-state index contributed by atoms with van der Waals surface area (Å²) >= 11 is 0. The first-order valence-electron chi connectivity index (χ1n) is 11.2. The average molecular weight is 436 g/mol. The molecule has 32 heavy (non-hydrogen) atoms.